The summed E-state index contributed by atoms with van der Waals surface area (Å²) in [6.45, 7) is 25.8. The second-order valence-corrected chi connectivity index (χ2v) is 17.6. The summed E-state index contributed by atoms with van der Waals surface area (Å²) in [5.74, 6) is -1.28. The highest BCUT2D eigenvalue weighted by molar-refractivity contribution is 8.02. The highest BCUT2D eigenvalue weighted by atomic mass is 32.2. The van der Waals surface area contributed by atoms with Crippen molar-refractivity contribution in [2.45, 2.75) is 109 Å². The molecule has 3 heterocycles. The van der Waals surface area contributed by atoms with Crippen molar-refractivity contribution in [1.29, 1.82) is 0 Å². The van der Waals surface area contributed by atoms with E-state index in [9.17, 15) is 14.7 Å². The lowest BCUT2D eigenvalue weighted by atomic mass is 9.65. The molecule has 1 aromatic rings. The molecular formula is C38H57N3O4S. The van der Waals surface area contributed by atoms with Crippen LogP contribution in [0.3, 0.4) is 0 Å². The van der Waals surface area contributed by atoms with E-state index in [2.05, 4.69) is 68.5 Å². The maximum absolute atomic E-state index is 15.2. The highest BCUT2D eigenvalue weighted by Crippen LogP contribution is 2.69. The van der Waals surface area contributed by atoms with Crippen LogP contribution in [0.1, 0.15) is 80.2 Å². The largest absolute Gasteiger partial charge is 0.394 e. The number of nitrogens with zero attached hydrogens (tertiary/aromatic N) is 3. The molecule has 1 spiro atoms. The maximum Gasteiger partial charge on any atom is 0.247 e. The number of hydrogen-bond donors (Lipinski definition) is 1. The van der Waals surface area contributed by atoms with Crippen molar-refractivity contribution in [3.8, 4) is 0 Å². The number of thioether (sulfide) groups is 1. The lowest BCUT2D eigenvalue weighted by Crippen LogP contribution is -2.63. The molecule has 1 N–H and O–H groups in total. The molecule has 1 aromatic carbocycles. The van der Waals surface area contributed by atoms with Crippen LogP contribution in [0.4, 0.5) is 0 Å². The standard InChI is InChI=1S/C38H57N3O4S/c1-11-18-39(22-27-16-14-13-15-17-27)33(43)30-29-21-26(5)38(46-29)31(30)34(44)41(28(23-42)20-25(3)4)32(38)35(45)40(19-12-2)37(9,10)24-36(6,7)8/h11-17,25-26,28-32,42H,1-2,18-24H2,3-10H3/t26?,28-,29+,30-,31+,32?,38?/m1/s1. The SMILES string of the molecule is C=CCN(Cc1ccccc1)C(=O)[C@@H]1[C@@H]2CC(C)C3(S2)C(C(=O)N(CC=C)C(C)(C)CC(C)(C)C)N([C@@H](CO)CC(C)C)C(=O)[C@H]13. The zero-order chi connectivity index (χ0) is 34.2. The number of aliphatic hydroxyl groups excluding tert-OH is 1. The number of carbonyl (C=O) groups excluding carboxylic acids is 3. The van der Waals surface area contributed by atoms with Crippen molar-refractivity contribution in [1.82, 2.24) is 14.7 Å². The van der Waals surface area contributed by atoms with E-state index >= 15 is 4.79 Å². The Bertz CT molecular complexity index is 1290. The Morgan fingerprint density at radius 2 is 1.72 bits per heavy atom. The summed E-state index contributed by atoms with van der Waals surface area (Å²) in [5, 5.41) is 10.7. The Balaban J connectivity index is 1.84. The number of amides is 3. The van der Waals surface area contributed by atoms with E-state index in [4.69, 9.17) is 0 Å². The van der Waals surface area contributed by atoms with Gasteiger partial charge in [0.1, 0.15) is 6.04 Å². The first-order chi connectivity index (χ1) is 21.5. The minimum Gasteiger partial charge on any atom is -0.394 e. The van der Waals surface area contributed by atoms with Gasteiger partial charge in [-0.1, -0.05) is 84.0 Å². The van der Waals surface area contributed by atoms with E-state index in [1.165, 1.54) is 0 Å². The second-order valence-electron chi connectivity index (χ2n) is 16.0. The van der Waals surface area contributed by atoms with Gasteiger partial charge in [-0.2, -0.15) is 0 Å². The van der Waals surface area contributed by atoms with Gasteiger partial charge in [0, 0.05) is 30.4 Å². The Labute approximate surface area is 281 Å². The van der Waals surface area contributed by atoms with Crippen LogP contribution in [0.15, 0.2) is 55.6 Å². The molecule has 4 rings (SSSR count). The molecule has 3 aliphatic rings. The van der Waals surface area contributed by atoms with Crippen LogP contribution in [0, 0.1) is 29.1 Å². The summed E-state index contributed by atoms with van der Waals surface area (Å²) in [6, 6.07) is 8.58. The number of benzene rings is 1. The van der Waals surface area contributed by atoms with Crippen molar-refractivity contribution in [2.24, 2.45) is 29.1 Å². The minimum atomic E-state index is -0.787. The maximum atomic E-state index is 15.2. The average molecular weight is 652 g/mol. The molecule has 3 fully saturated rings. The van der Waals surface area contributed by atoms with Crippen LogP contribution in [0.25, 0.3) is 0 Å². The van der Waals surface area contributed by atoms with E-state index in [1.54, 1.807) is 28.8 Å². The Morgan fingerprint density at radius 3 is 2.26 bits per heavy atom. The van der Waals surface area contributed by atoms with E-state index in [1.807, 2.05) is 40.1 Å². The molecule has 3 unspecified atom stereocenters. The number of aliphatic hydroxyl groups is 1. The molecule has 3 saturated heterocycles. The summed E-state index contributed by atoms with van der Waals surface area (Å²) in [5.41, 5.74) is 0.456. The topological polar surface area (TPSA) is 81.2 Å². The highest BCUT2D eigenvalue weighted by Gasteiger charge is 2.77. The summed E-state index contributed by atoms with van der Waals surface area (Å²) < 4.78 is -0.770. The zero-order valence-corrected chi connectivity index (χ0v) is 30.2. The van der Waals surface area contributed by atoms with Crippen LogP contribution in [-0.2, 0) is 20.9 Å². The molecule has 7 atom stereocenters. The molecular weight excluding hydrogens is 595 g/mol. The molecule has 254 valence electrons. The first kappa shape index (κ1) is 36.3. The first-order valence-electron chi connectivity index (χ1n) is 17.0. The number of fused-ring (bicyclic) bond motifs is 1. The van der Waals surface area contributed by atoms with E-state index in [0.717, 1.165) is 18.4 Å². The van der Waals surface area contributed by atoms with Crippen molar-refractivity contribution in [3.05, 3.63) is 61.2 Å². The van der Waals surface area contributed by atoms with Crippen molar-refractivity contribution >= 4 is 29.5 Å². The minimum absolute atomic E-state index is 0.0381. The molecule has 0 radical (unpaired) electrons. The number of likely N-dealkylation sites (tertiary alicyclic amines) is 1. The van der Waals surface area contributed by atoms with Gasteiger partial charge in [0.05, 0.1) is 29.2 Å². The Kier molecular flexibility index (Phi) is 10.9. The predicted molar refractivity (Wildman–Crippen MR) is 188 cm³/mol. The van der Waals surface area contributed by atoms with Gasteiger partial charge in [-0.3, -0.25) is 14.4 Å². The summed E-state index contributed by atoms with van der Waals surface area (Å²) in [4.78, 5) is 50.2. The van der Waals surface area contributed by atoms with Gasteiger partial charge in [-0.25, -0.2) is 0 Å². The van der Waals surface area contributed by atoms with Crippen LogP contribution < -0.4 is 0 Å². The summed E-state index contributed by atoms with van der Waals surface area (Å²) >= 11 is 1.70. The molecule has 3 amide bonds. The van der Waals surface area contributed by atoms with Crippen molar-refractivity contribution in [2.75, 3.05) is 19.7 Å². The van der Waals surface area contributed by atoms with Gasteiger partial charge in [0.2, 0.25) is 17.7 Å². The van der Waals surface area contributed by atoms with Gasteiger partial charge in [0.25, 0.3) is 0 Å². The van der Waals surface area contributed by atoms with Gasteiger partial charge >= 0.3 is 0 Å². The van der Waals surface area contributed by atoms with E-state index in [-0.39, 0.29) is 46.8 Å². The third kappa shape index (κ3) is 6.71. The fraction of sp³-hybridized carbons (Fsp3) is 0.658. The molecule has 0 aromatic heterocycles. The molecule has 0 aliphatic carbocycles. The Morgan fingerprint density at radius 1 is 1.09 bits per heavy atom. The fourth-order valence-electron chi connectivity index (χ4n) is 8.94. The number of carbonyl (C=O) groups is 3. The quantitative estimate of drug-likeness (QED) is 0.243. The van der Waals surface area contributed by atoms with E-state index < -0.39 is 34.2 Å². The normalized spacial score (nSPS) is 27.9. The molecule has 0 saturated carbocycles. The van der Waals surface area contributed by atoms with Gasteiger partial charge in [0.15, 0.2) is 0 Å². The number of hydrogen-bond acceptors (Lipinski definition) is 5. The third-order valence-electron chi connectivity index (χ3n) is 10.2. The summed E-state index contributed by atoms with van der Waals surface area (Å²) in [7, 11) is 0. The van der Waals surface area contributed by atoms with Crippen LogP contribution in [-0.4, -0.2) is 84.8 Å². The Hall–Kier alpha value is -2.58. The van der Waals surface area contributed by atoms with Gasteiger partial charge in [-0.05, 0) is 55.9 Å². The average Bonchev–Trinajstić information content (AvgIpc) is 3.56. The fourth-order valence-corrected chi connectivity index (χ4v) is 11.3. The van der Waals surface area contributed by atoms with Gasteiger partial charge in [-0.15, -0.1) is 24.9 Å². The molecule has 3 aliphatic heterocycles. The number of rotatable bonds is 14. The summed E-state index contributed by atoms with van der Waals surface area (Å²) in [6.07, 6.45) is 5.59. The molecule has 46 heavy (non-hydrogen) atoms. The molecule has 2 bridgehead atoms. The molecule has 8 heteroatoms. The third-order valence-corrected chi connectivity index (χ3v) is 12.3. The molecule has 7 nitrogen and oxygen atoms in total. The lowest BCUT2D eigenvalue weighted by molar-refractivity contribution is -0.150. The predicted octanol–water partition coefficient (Wildman–Crippen LogP) is 6.17. The van der Waals surface area contributed by atoms with Gasteiger partial charge < -0.3 is 19.8 Å². The first-order valence-corrected chi connectivity index (χ1v) is 17.9. The van der Waals surface area contributed by atoms with Crippen LogP contribution in [0.5, 0.6) is 0 Å². The lowest BCUT2D eigenvalue weighted by Gasteiger charge is -2.47. The zero-order valence-electron chi connectivity index (χ0n) is 29.4. The monoisotopic (exact) mass is 651 g/mol. The van der Waals surface area contributed by atoms with E-state index in [0.29, 0.717) is 26.1 Å². The van der Waals surface area contributed by atoms with Crippen molar-refractivity contribution in [3.63, 3.8) is 0 Å². The van der Waals surface area contributed by atoms with Crippen molar-refractivity contribution < 1.29 is 19.5 Å². The van der Waals surface area contributed by atoms with Crippen LogP contribution in [0.2, 0.25) is 0 Å². The second kappa shape index (κ2) is 13.9. The van der Waals surface area contributed by atoms with Crippen LogP contribution >= 0.6 is 11.8 Å². The smallest absolute Gasteiger partial charge is 0.247 e.